The number of hydrogen-bond acceptors (Lipinski definition) is 1. The SMILES string of the molecule is C=Cc1cccc(C=C(CO)c2ccccc2)c1C=C. The van der Waals surface area contributed by atoms with Gasteiger partial charge in [0.1, 0.15) is 0 Å². The van der Waals surface area contributed by atoms with Crippen molar-refractivity contribution in [3.63, 3.8) is 0 Å². The van der Waals surface area contributed by atoms with Crippen LogP contribution in [0, 0.1) is 0 Å². The van der Waals surface area contributed by atoms with Gasteiger partial charge in [-0.3, -0.25) is 0 Å². The number of aliphatic hydroxyl groups is 1. The first kappa shape index (κ1) is 14.0. The average molecular weight is 262 g/mol. The molecule has 0 unspecified atom stereocenters. The summed E-state index contributed by atoms with van der Waals surface area (Å²) in [7, 11) is 0. The van der Waals surface area contributed by atoms with Gasteiger partial charge < -0.3 is 5.11 Å². The predicted octanol–water partition coefficient (Wildman–Crippen LogP) is 4.51. The summed E-state index contributed by atoms with van der Waals surface area (Å²) in [5, 5.41) is 9.62. The molecule has 0 aromatic heterocycles. The van der Waals surface area contributed by atoms with Crippen molar-refractivity contribution in [2.45, 2.75) is 0 Å². The Morgan fingerprint density at radius 1 is 0.900 bits per heavy atom. The Hall–Kier alpha value is -2.38. The normalized spacial score (nSPS) is 11.2. The Kier molecular flexibility index (Phi) is 4.70. The molecule has 2 aromatic rings. The van der Waals surface area contributed by atoms with Gasteiger partial charge in [-0.15, -0.1) is 0 Å². The van der Waals surface area contributed by atoms with Gasteiger partial charge in [0.25, 0.3) is 0 Å². The van der Waals surface area contributed by atoms with Crippen molar-refractivity contribution < 1.29 is 5.11 Å². The van der Waals surface area contributed by atoms with Crippen molar-refractivity contribution in [1.29, 1.82) is 0 Å². The van der Waals surface area contributed by atoms with Gasteiger partial charge in [0.05, 0.1) is 6.61 Å². The van der Waals surface area contributed by atoms with Crippen LogP contribution in [0.15, 0.2) is 61.7 Å². The van der Waals surface area contributed by atoms with Crippen LogP contribution in [-0.2, 0) is 0 Å². The summed E-state index contributed by atoms with van der Waals surface area (Å²) in [5.74, 6) is 0. The number of rotatable bonds is 5. The predicted molar refractivity (Wildman–Crippen MR) is 88.0 cm³/mol. The highest BCUT2D eigenvalue weighted by atomic mass is 16.3. The van der Waals surface area contributed by atoms with Crippen LogP contribution in [0.3, 0.4) is 0 Å². The van der Waals surface area contributed by atoms with Crippen LogP contribution in [0.1, 0.15) is 22.3 Å². The summed E-state index contributed by atoms with van der Waals surface area (Å²) in [4.78, 5) is 0. The summed E-state index contributed by atoms with van der Waals surface area (Å²) >= 11 is 0. The lowest BCUT2D eigenvalue weighted by Crippen LogP contribution is -1.92. The van der Waals surface area contributed by atoms with E-state index in [-0.39, 0.29) is 6.61 Å². The van der Waals surface area contributed by atoms with E-state index in [1.54, 1.807) is 0 Å². The van der Waals surface area contributed by atoms with Crippen molar-refractivity contribution >= 4 is 23.8 Å². The monoisotopic (exact) mass is 262 g/mol. The fourth-order valence-electron chi connectivity index (χ4n) is 2.20. The van der Waals surface area contributed by atoms with Crippen molar-refractivity contribution in [3.05, 3.63) is 83.9 Å². The molecule has 0 heterocycles. The highest BCUT2D eigenvalue weighted by molar-refractivity contribution is 5.86. The van der Waals surface area contributed by atoms with Gasteiger partial charge in [-0.1, -0.05) is 73.8 Å². The summed E-state index contributed by atoms with van der Waals surface area (Å²) in [5.41, 5.74) is 5.01. The Bertz CT molecular complexity index is 636. The molecule has 100 valence electrons. The van der Waals surface area contributed by atoms with Crippen LogP contribution < -0.4 is 0 Å². The van der Waals surface area contributed by atoms with E-state index in [4.69, 9.17) is 0 Å². The van der Waals surface area contributed by atoms with Gasteiger partial charge in [-0.2, -0.15) is 0 Å². The van der Waals surface area contributed by atoms with Crippen molar-refractivity contribution in [3.8, 4) is 0 Å². The Morgan fingerprint density at radius 2 is 1.60 bits per heavy atom. The maximum Gasteiger partial charge on any atom is 0.0687 e. The highest BCUT2D eigenvalue weighted by Crippen LogP contribution is 2.23. The summed E-state index contributed by atoms with van der Waals surface area (Å²) < 4.78 is 0. The molecule has 0 saturated carbocycles. The molecule has 0 fully saturated rings. The molecule has 0 amide bonds. The van der Waals surface area contributed by atoms with E-state index in [0.29, 0.717) is 0 Å². The van der Waals surface area contributed by atoms with Crippen LogP contribution in [0.4, 0.5) is 0 Å². The molecule has 1 N–H and O–H groups in total. The van der Waals surface area contributed by atoms with Crippen molar-refractivity contribution in [2.75, 3.05) is 6.61 Å². The van der Waals surface area contributed by atoms with E-state index >= 15 is 0 Å². The highest BCUT2D eigenvalue weighted by Gasteiger charge is 2.04. The second-order valence-corrected chi connectivity index (χ2v) is 4.45. The third-order valence-electron chi connectivity index (χ3n) is 3.24. The second kappa shape index (κ2) is 6.69. The minimum atomic E-state index is -0.00108. The molecule has 0 aliphatic heterocycles. The maximum absolute atomic E-state index is 9.62. The molecule has 20 heavy (non-hydrogen) atoms. The van der Waals surface area contributed by atoms with E-state index in [1.807, 2.05) is 66.8 Å². The molecular formula is C19H18O. The summed E-state index contributed by atoms with van der Waals surface area (Å²) in [6.45, 7) is 7.69. The molecule has 0 saturated heterocycles. The number of benzene rings is 2. The zero-order valence-corrected chi connectivity index (χ0v) is 11.4. The maximum atomic E-state index is 9.62. The molecule has 0 spiro atoms. The first-order chi connectivity index (χ1) is 9.80. The molecule has 0 aliphatic rings. The molecule has 0 aliphatic carbocycles. The minimum absolute atomic E-state index is 0.00108. The lowest BCUT2D eigenvalue weighted by atomic mass is 9.97. The smallest absolute Gasteiger partial charge is 0.0687 e. The molecule has 0 bridgehead atoms. The first-order valence-corrected chi connectivity index (χ1v) is 6.55. The molecule has 1 nitrogen and oxygen atoms in total. The topological polar surface area (TPSA) is 20.2 Å². The Labute approximate surface area is 120 Å². The summed E-state index contributed by atoms with van der Waals surface area (Å²) in [6.07, 6.45) is 5.64. The fourth-order valence-corrected chi connectivity index (χ4v) is 2.20. The second-order valence-electron chi connectivity index (χ2n) is 4.45. The number of aliphatic hydroxyl groups excluding tert-OH is 1. The number of hydrogen-bond donors (Lipinski definition) is 1. The third kappa shape index (κ3) is 2.95. The molecule has 0 radical (unpaired) electrons. The van der Waals surface area contributed by atoms with E-state index in [2.05, 4.69) is 13.2 Å². The van der Waals surface area contributed by atoms with E-state index in [0.717, 1.165) is 27.8 Å². The van der Waals surface area contributed by atoms with Gasteiger partial charge in [0.2, 0.25) is 0 Å². The van der Waals surface area contributed by atoms with Crippen molar-refractivity contribution in [1.82, 2.24) is 0 Å². The van der Waals surface area contributed by atoms with Crippen LogP contribution in [0.5, 0.6) is 0 Å². The van der Waals surface area contributed by atoms with Gasteiger partial charge in [0.15, 0.2) is 0 Å². The lowest BCUT2D eigenvalue weighted by molar-refractivity contribution is 0.351. The van der Waals surface area contributed by atoms with Crippen LogP contribution in [-0.4, -0.2) is 11.7 Å². The first-order valence-electron chi connectivity index (χ1n) is 6.55. The zero-order chi connectivity index (χ0) is 14.4. The fraction of sp³-hybridized carbons (Fsp3) is 0.0526. The van der Waals surface area contributed by atoms with Crippen LogP contribution >= 0.6 is 0 Å². The standard InChI is InChI=1S/C19H18O/c1-3-15-11-8-12-17(19(15)4-2)13-18(14-20)16-9-6-5-7-10-16/h3-13,20H,1-2,14H2. The van der Waals surface area contributed by atoms with Gasteiger partial charge in [0, 0.05) is 0 Å². The van der Waals surface area contributed by atoms with Gasteiger partial charge in [-0.25, -0.2) is 0 Å². The largest absolute Gasteiger partial charge is 0.392 e. The van der Waals surface area contributed by atoms with Gasteiger partial charge >= 0.3 is 0 Å². The molecule has 2 rings (SSSR count). The summed E-state index contributed by atoms with van der Waals surface area (Å²) in [6, 6.07) is 15.9. The van der Waals surface area contributed by atoms with E-state index in [9.17, 15) is 5.11 Å². The molecule has 1 heteroatoms. The third-order valence-corrected chi connectivity index (χ3v) is 3.24. The molecular weight excluding hydrogens is 244 g/mol. The van der Waals surface area contributed by atoms with E-state index < -0.39 is 0 Å². The van der Waals surface area contributed by atoms with Gasteiger partial charge in [-0.05, 0) is 33.9 Å². The average Bonchev–Trinajstić information content (AvgIpc) is 2.52. The van der Waals surface area contributed by atoms with Crippen LogP contribution in [0.25, 0.3) is 23.8 Å². The molecule has 2 aromatic carbocycles. The van der Waals surface area contributed by atoms with Crippen molar-refractivity contribution in [2.24, 2.45) is 0 Å². The van der Waals surface area contributed by atoms with E-state index in [1.165, 1.54) is 0 Å². The zero-order valence-electron chi connectivity index (χ0n) is 11.4. The Balaban J connectivity index is 2.53. The lowest BCUT2D eigenvalue weighted by Gasteiger charge is -2.09. The van der Waals surface area contributed by atoms with Crippen LogP contribution in [0.2, 0.25) is 0 Å². The quantitative estimate of drug-likeness (QED) is 0.786. The minimum Gasteiger partial charge on any atom is -0.392 e. The molecule has 0 atom stereocenters. The Morgan fingerprint density at radius 3 is 2.20 bits per heavy atom.